The van der Waals surface area contributed by atoms with Gasteiger partial charge in [0, 0.05) is 24.7 Å². The number of rotatable bonds is 4. The second kappa shape index (κ2) is 8.16. The SMILES string of the molecule is Cn1c(=O)n(C)c2cc(S(=O)(=O)C3CCCCC3)c(NC(=O)c3ccc(Cl)cc3)cc21. The van der Waals surface area contributed by atoms with Crippen LogP contribution in [0.5, 0.6) is 0 Å². The minimum Gasteiger partial charge on any atom is -0.321 e. The lowest BCUT2D eigenvalue weighted by atomic mass is 10.0. The molecule has 1 amide bonds. The van der Waals surface area contributed by atoms with Gasteiger partial charge in [0.05, 0.1) is 26.9 Å². The first-order chi connectivity index (χ1) is 14.7. The molecule has 0 unspecified atom stereocenters. The highest BCUT2D eigenvalue weighted by Crippen LogP contribution is 2.35. The van der Waals surface area contributed by atoms with E-state index in [-0.39, 0.29) is 16.3 Å². The molecule has 0 bridgehead atoms. The van der Waals surface area contributed by atoms with Gasteiger partial charge in [0.2, 0.25) is 0 Å². The lowest BCUT2D eigenvalue weighted by Gasteiger charge is -2.23. The Morgan fingerprint density at radius 1 is 1.00 bits per heavy atom. The van der Waals surface area contributed by atoms with Crippen LogP contribution in [0.3, 0.4) is 0 Å². The summed E-state index contributed by atoms with van der Waals surface area (Å²) in [6.45, 7) is 0. The fourth-order valence-corrected chi connectivity index (χ4v) is 6.34. The van der Waals surface area contributed by atoms with Crippen molar-refractivity contribution in [3.63, 3.8) is 0 Å². The van der Waals surface area contributed by atoms with Crippen molar-refractivity contribution in [2.75, 3.05) is 5.32 Å². The van der Waals surface area contributed by atoms with Crippen molar-refractivity contribution >= 4 is 44.1 Å². The summed E-state index contributed by atoms with van der Waals surface area (Å²) >= 11 is 5.90. The molecule has 1 aromatic heterocycles. The Morgan fingerprint density at radius 3 is 2.19 bits per heavy atom. The second-order valence-electron chi connectivity index (χ2n) is 8.00. The van der Waals surface area contributed by atoms with E-state index in [1.54, 1.807) is 44.4 Å². The third kappa shape index (κ3) is 3.90. The second-order valence-corrected chi connectivity index (χ2v) is 10.6. The van der Waals surface area contributed by atoms with Crippen LogP contribution in [-0.4, -0.2) is 28.7 Å². The van der Waals surface area contributed by atoms with Crippen LogP contribution in [0.1, 0.15) is 42.5 Å². The number of benzene rings is 2. The van der Waals surface area contributed by atoms with E-state index in [0.717, 1.165) is 19.3 Å². The lowest BCUT2D eigenvalue weighted by molar-refractivity contribution is 0.102. The summed E-state index contributed by atoms with van der Waals surface area (Å²) in [4.78, 5) is 25.3. The zero-order valence-electron chi connectivity index (χ0n) is 17.4. The standard InChI is InChI=1S/C22H24ClN3O4S/c1-25-18-12-17(24-21(27)14-8-10-15(23)11-9-14)20(13-19(18)26(2)22(25)28)31(29,30)16-6-4-3-5-7-16/h8-13,16H,3-7H2,1-2H3,(H,24,27). The molecule has 164 valence electrons. The summed E-state index contributed by atoms with van der Waals surface area (Å²) in [6.07, 6.45) is 3.95. The third-order valence-electron chi connectivity index (χ3n) is 6.03. The van der Waals surface area contributed by atoms with Crippen molar-refractivity contribution in [1.82, 2.24) is 9.13 Å². The Balaban J connectivity index is 1.86. The molecule has 1 aliphatic rings. The maximum absolute atomic E-state index is 13.6. The number of aryl methyl sites for hydroxylation is 2. The molecule has 0 radical (unpaired) electrons. The number of hydrogen-bond donors (Lipinski definition) is 1. The maximum atomic E-state index is 13.6. The predicted molar refractivity (Wildman–Crippen MR) is 122 cm³/mol. The number of nitrogens with one attached hydrogen (secondary N) is 1. The molecule has 0 atom stereocenters. The maximum Gasteiger partial charge on any atom is 0.328 e. The fraction of sp³-hybridized carbons (Fsp3) is 0.364. The van der Waals surface area contributed by atoms with Gasteiger partial charge in [-0.1, -0.05) is 30.9 Å². The molecule has 4 rings (SSSR count). The van der Waals surface area contributed by atoms with Crippen molar-refractivity contribution in [1.29, 1.82) is 0 Å². The summed E-state index contributed by atoms with van der Waals surface area (Å²) in [5, 5.41) is 2.76. The minimum atomic E-state index is -3.70. The van der Waals surface area contributed by atoms with Crippen molar-refractivity contribution in [2.45, 2.75) is 42.2 Å². The van der Waals surface area contributed by atoms with E-state index in [1.165, 1.54) is 15.2 Å². The number of halogens is 1. The average molecular weight is 462 g/mol. The van der Waals surface area contributed by atoms with E-state index in [9.17, 15) is 18.0 Å². The molecule has 2 aromatic carbocycles. The van der Waals surface area contributed by atoms with Crippen LogP contribution >= 0.6 is 11.6 Å². The van der Waals surface area contributed by atoms with Gasteiger partial charge in [-0.25, -0.2) is 13.2 Å². The monoisotopic (exact) mass is 461 g/mol. The molecule has 9 heteroatoms. The summed E-state index contributed by atoms with van der Waals surface area (Å²) < 4.78 is 30.0. The minimum absolute atomic E-state index is 0.0513. The first-order valence-corrected chi connectivity index (χ1v) is 12.1. The molecule has 31 heavy (non-hydrogen) atoms. The van der Waals surface area contributed by atoms with Crippen LogP contribution in [0.4, 0.5) is 5.69 Å². The van der Waals surface area contributed by atoms with Gasteiger partial charge in [0.25, 0.3) is 5.91 Å². The molecule has 1 saturated carbocycles. The third-order valence-corrected chi connectivity index (χ3v) is 8.58. The molecule has 0 spiro atoms. The molecule has 3 aromatic rings. The van der Waals surface area contributed by atoms with Gasteiger partial charge in [-0.3, -0.25) is 13.9 Å². The average Bonchev–Trinajstić information content (AvgIpc) is 2.98. The molecular weight excluding hydrogens is 438 g/mol. The number of sulfone groups is 1. The highest BCUT2D eigenvalue weighted by atomic mass is 35.5. The highest BCUT2D eigenvalue weighted by Gasteiger charge is 2.32. The van der Waals surface area contributed by atoms with Crippen LogP contribution in [-0.2, 0) is 23.9 Å². The van der Waals surface area contributed by atoms with E-state index in [2.05, 4.69) is 5.32 Å². The molecular formula is C22H24ClN3O4S. The number of fused-ring (bicyclic) bond motifs is 1. The van der Waals surface area contributed by atoms with Crippen molar-refractivity contribution in [3.8, 4) is 0 Å². The van der Waals surface area contributed by atoms with Gasteiger partial charge in [-0.2, -0.15) is 0 Å². The quantitative estimate of drug-likeness (QED) is 0.638. The molecule has 1 heterocycles. The summed E-state index contributed by atoms with van der Waals surface area (Å²) in [6, 6.07) is 9.42. The number of imidazole rings is 1. The molecule has 7 nitrogen and oxygen atoms in total. The molecule has 1 N–H and O–H groups in total. The first kappa shape index (κ1) is 21.6. The summed E-state index contributed by atoms with van der Waals surface area (Å²) in [5.74, 6) is -0.447. The number of anilines is 1. The fourth-order valence-electron chi connectivity index (χ4n) is 4.21. The molecule has 1 aliphatic carbocycles. The number of carbonyl (C=O) groups is 1. The largest absolute Gasteiger partial charge is 0.328 e. The van der Waals surface area contributed by atoms with Crippen molar-refractivity contribution < 1.29 is 13.2 Å². The first-order valence-electron chi connectivity index (χ1n) is 10.2. The van der Waals surface area contributed by atoms with Crippen LogP contribution in [0.25, 0.3) is 11.0 Å². The molecule has 0 saturated heterocycles. The summed E-state index contributed by atoms with van der Waals surface area (Å²) in [7, 11) is -0.479. The van der Waals surface area contributed by atoms with Crippen LogP contribution < -0.4 is 11.0 Å². The van der Waals surface area contributed by atoms with E-state index in [1.807, 2.05) is 0 Å². The van der Waals surface area contributed by atoms with Gasteiger partial charge in [-0.15, -0.1) is 0 Å². The van der Waals surface area contributed by atoms with Crippen molar-refractivity contribution in [3.05, 3.63) is 57.5 Å². The zero-order valence-corrected chi connectivity index (χ0v) is 19.0. The number of aromatic nitrogens is 2. The van der Waals surface area contributed by atoms with Gasteiger partial charge in [0.1, 0.15) is 0 Å². The van der Waals surface area contributed by atoms with Gasteiger partial charge < -0.3 is 5.32 Å². The number of amides is 1. The van der Waals surface area contributed by atoms with Crippen LogP contribution in [0, 0.1) is 0 Å². The Labute approximate surface area is 185 Å². The smallest absolute Gasteiger partial charge is 0.321 e. The normalized spacial score (nSPS) is 15.3. The Kier molecular flexibility index (Phi) is 5.70. The van der Waals surface area contributed by atoms with Crippen LogP contribution in [0.2, 0.25) is 5.02 Å². The van der Waals surface area contributed by atoms with E-state index in [0.29, 0.717) is 34.5 Å². The Hall–Kier alpha value is -2.58. The number of nitrogens with zero attached hydrogens (tertiary/aromatic N) is 2. The Bertz CT molecular complexity index is 1320. The van der Waals surface area contributed by atoms with E-state index >= 15 is 0 Å². The molecule has 0 aliphatic heterocycles. The van der Waals surface area contributed by atoms with Crippen molar-refractivity contribution in [2.24, 2.45) is 14.1 Å². The van der Waals surface area contributed by atoms with E-state index in [4.69, 9.17) is 11.6 Å². The number of carbonyl (C=O) groups excluding carboxylic acids is 1. The predicted octanol–water partition coefficient (Wildman–Crippen LogP) is 3.89. The number of hydrogen-bond acceptors (Lipinski definition) is 4. The van der Waals surface area contributed by atoms with E-state index < -0.39 is 21.0 Å². The molecule has 1 fully saturated rings. The summed E-state index contributed by atoms with van der Waals surface area (Å²) in [5.41, 5.74) is 1.32. The lowest BCUT2D eigenvalue weighted by Crippen LogP contribution is -2.25. The van der Waals surface area contributed by atoms with Gasteiger partial charge in [0.15, 0.2) is 9.84 Å². The zero-order chi connectivity index (χ0) is 22.3. The Morgan fingerprint density at radius 2 is 1.58 bits per heavy atom. The highest BCUT2D eigenvalue weighted by molar-refractivity contribution is 7.92. The van der Waals surface area contributed by atoms with Crippen LogP contribution in [0.15, 0.2) is 46.1 Å². The van der Waals surface area contributed by atoms with Gasteiger partial charge in [-0.05, 0) is 49.2 Å². The topological polar surface area (TPSA) is 90.2 Å². The van der Waals surface area contributed by atoms with Gasteiger partial charge >= 0.3 is 5.69 Å².